The van der Waals surface area contributed by atoms with Crippen LogP contribution in [0.15, 0.2) is 42.7 Å². The van der Waals surface area contributed by atoms with Crippen molar-refractivity contribution in [1.29, 1.82) is 0 Å². The largest absolute Gasteiger partial charge is 0.497 e. The number of fused-ring (bicyclic) bond motifs is 2. The Balaban J connectivity index is 1.68. The summed E-state index contributed by atoms with van der Waals surface area (Å²) in [5.41, 5.74) is 3.96. The monoisotopic (exact) mass is 333 g/mol. The summed E-state index contributed by atoms with van der Waals surface area (Å²) in [5, 5.41) is 4.45. The van der Waals surface area contributed by atoms with Gasteiger partial charge < -0.3 is 15.0 Å². The van der Waals surface area contributed by atoms with Gasteiger partial charge in [0.1, 0.15) is 23.7 Å². The van der Waals surface area contributed by atoms with Gasteiger partial charge in [-0.05, 0) is 38.1 Å². The van der Waals surface area contributed by atoms with Crippen LogP contribution in [0, 0.1) is 6.92 Å². The molecule has 25 heavy (non-hydrogen) atoms. The van der Waals surface area contributed by atoms with Gasteiger partial charge in [-0.3, -0.25) is 0 Å². The zero-order valence-electron chi connectivity index (χ0n) is 14.4. The van der Waals surface area contributed by atoms with E-state index < -0.39 is 0 Å². The Morgan fingerprint density at radius 3 is 2.76 bits per heavy atom. The first-order valence-electron chi connectivity index (χ1n) is 8.15. The zero-order valence-corrected chi connectivity index (χ0v) is 14.4. The molecule has 4 aromatic rings. The molecule has 6 nitrogen and oxygen atoms in total. The highest BCUT2D eigenvalue weighted by Gasteiger charge is 2.13. The summed E-state index contributed by atoms with van der Waals surface area (Å²) in [6, 6.07) is 11.9. The molecule has 0 spiro atoms. The maximum atomic E-state index is 5.27. The first-order valence-corrected chi connectivity index (χ1v) is 8.15. The SMILES string of the molecule is COc1ccc2nc(C(C)Nc3ncnc4ccc(C)cc34)[nH]c2c1. The number of nitrogens with one attached hydrogen (secondary N) is 2. The summed E-state index contributed by atoms with van der Waals surface area (Å²) in [6.07, 6.45) is 1.58. The van der Waals surface area contributed by atoms with Crippen LogP contribution in [0.1, 0.15) is 24.4 Å². The number of aryl methyl sites for hydroxylation is 1. The van der Waals surface area contributed by atoms with Crippen LogP contribution in [-0.4, -0.2) is 27.0 Å². The summed E-state index contributed by atoms with van der Waals surface area (Å²) in [4.78, 5) is 16.8. The molecule has 0 saturated carbocycles. The van der Waals surface area contributed by atoms with E-state index in [1.807, 2.05) is 24.3 Å². The molecule has 6 heteroatoms. The molecule has 0 aliphatic carbocycles. The maximum absolute atomic E-state index is 5.27. The van der Waals surface area contributed by atoms with Gasteiger partial charge in [-0.25, -0.2) is 15.0 Å². The number of aromatic nitrogens is 4. The van der Waals surface area contributed by atoms with Gasteiger partial charge in [-0.2, -0.15) is 0 Å². The fourth-order valence-corrected chi connectivity index (χ4v) is 2.90. The summed E-state index contributed by atoms with van der Waals surface area (Å²) < 4.78 is 5.27. The van der Waals surface area contributed by atoms with Gasteiger partial charge in [-0.15, -0.1) is 0 Å². The molecule has 0 aliphatic heterocycles. The summed E-state index contributed by atoms with van der Waals surface area (Å²) >= 11 is 0. The third kappa shape index (κ3) is 2.87. The predicted octanol–water partition coefficient (Wildman–Crippen LogP) is 4.00. The second-order valence-corrected chi connectivity index (χ2v) is 6.11. The van der Waals surface area contributed by atoms with E-state index in [0.29, 0.717) is 0 Å². The van der Waals surface area contributed by atoms with E-state index in [4.69, 9.17) is 4.74 Å². The Kier molecular flexibility index (Phi) is 3.72. The van der Waals surface area contributed by atoms with Gasteiger partial charge in [0, 0.05) is 11.5 Å². The van der Waals surface area contributed by atoms with E-state index in [9.17, 15) is 0 Å². The first kappa shape index (κ1) is 15.4. The van der Waals surface area contributed by atoms with Crippen LogP contribution in [0.5, 0.6) is 5.75 Å². The first-order chi connectivity index (χ1) is 12.1. The average molecular weight is 333 g/mol. The van der Waals surface area contributed by atoms with Gasteiger partial charge in [0.2, 0.25) is 0 Å². The van der Waals surface area contributed by atoms with E-state index in [2.05, 4.69) is 51.2 Å². The lowest BCUT2D eigenvalue weighted by Gasteiger charge is -2.14. The van der Waals surface area contributed by atoms with Crippen LogP contribution in [0.3, 0.4) is 0 Å². The highest BCUT2D eigenvalue weighted by molar-refractivity contribution is 5.89. The number of hydrogen-bond donors (Lipinski definition) is 2. The quantitative estimate of drug-likeness (QED) is 0.590. The predicted molar refractivity (Wildman–Crippen MR) is 99.0 cm³/mol. The van der Waals surface area contributed by atoms with Crippen LogP contribution in [0.2, 0.25) is 0 Å². The van der Waals surface area contributed by atoms with Crippen molar-refractivity contribution in [1.82, 2.24) is 19.9 Å². The fraction of sp³-hybridized carbons (Fsp3) is 0.211. The van der Waals surface area contributed by atoms with Gasteiger partial charge in [0.15, 0.2) is 0 Å². The number of ether oxygens (including phenoxy) is 1. The fourth-order valence-electron chi connectivity index (χ4n) is 2.90. The molecule has 0 fully saturated rings. The van der Waals surface area contributed by atoms with Crippen molar-refractivity contribution >= 4 is 27.8 Å². The second kappa shape index (κ2) is 6.05. The molecule has 1 atom stereocenters. The number of imidazole rings is 1. The van der Waals surface area contributed by atoms with Crippen molar-refractivity contribution < 1.29 is 4.74 Å². The van der Waals surface area contributed by atoms with E-state index >= 15 is 0 Å². The van der Waals surface area contributed by atoms with E-state index in [0.717, 1.165) is 39.3 Å². The second-order valence-electron chi connectivity index (χ2n) is 6.11. The van der Waals surface area contributed by atoms with Crippen molar-refractivity contribution in [3.8, 4) is 5.75 Å². The van der Waals surface area contributed by atoms with Crippen LogP contribution < -0.4 is 10.1 Å². The third-order valence-corrected chi connectivity index (χ3v) is 4.26. The molecular formula is C19H19N5O. The lowest BCUT2D eigenvalue weighted by Crippen LogP contribution is -2.10. The van der Waals surface area contributed by atoms with Crippen LogP contribution in [-0.2, 0) is 0 Å². The Morgan fingerprint density at radius 1 is 1.08 bits per heavy atom. The number of aromatic amines is 1. The molecule has 0 saturated heterocycles. The molecule has 2 aromatic heterocycles. The number of hydrogen-bond acceptors (Lipinski definition) is 5. The number of rotatable bonds is 4. The minimum absolute atomic E-state index is 0.0305. The van der Waals surface area contributed by atoms with E-state index in [1.165, 1.54) is 5.56 Å². The van der Waals surface area contributed by atoms with Gasteiger partial charge in [0.25, 0.3) is 0 Å². The van der Waals surface area contributed by atoms with Gasteiger partial charge in [-0.1, -0.05) is 11.6 Å². The van der Waals surface area contributed by atoms with E-state index in [-0.39, 0.29) is 6.04 Å². The van der Waals surface area contributed by atoms with E-state index in [1.54, 1.807) is 13.4 Å². The third-order valence-electron chi connectivity index (χ3n) is 4.26. The smallest absolute Gasteiger partial charge is 0.137 e. The summed E-state index contributed by atoms with van der Waals surface area (Å²) in [7, 11) is 1.66. The number of anilines is 1. The molecule has 2 aromatic carbocycles. The molecule has 0 bridgehead atoms. The van der Waals surface area contributed by atoms with Gasteiger partial charge >= 0.3 is 0 Å². The Morgan fingerprint density at radius 2 is 1.92 bits per heavy atom. The maximum Gasteiger partial charge on any atom is 0.137 e. The average Bonchev–Trinajstić information content (AvgIpc) is 3.05. The minimum atomic E-state index is -0.0305. The molecule has 4 rings (SSSR count). The molecule has 0 aliphatic rings. The molecule has 2 N–H and O–H groups in total. The summed E-state index contributed by atoms with van der Waals surface area (Å²) in [5.74, 6) is 2.46. The molecule has 0 radical (unpaired) electrons. The van der Waals surface area contributed by atoms with Crippen molar-refractivity contribution in [3.63, 3.8) is 0 Å². The zero-order chi connectivity index (χ0) is 17.4. The Bertz CT molecular complexity index is 1060. The number of methoxy groups -OCH3 is 1. The van der Waals surface area contributed by atoms with Crippen molar-refractivity contribution in [2.45, 2.75) is 19.9 Å². The Labute approximate surface area is 145 Å². The number of H-pyrrole nitrogens is 1. The topological polar surface area (TPSA) is 75.7 Å². The van der Waals surface area contributed by atoms with Crippen molar-refractivity contribution in [3.05, 3.63) is 54.1 Å². The highest BCUT2D eigenvalue weighted by Crippen LogP contribution is 2.26. The normalized spacial score (nSPS) is 12.4. The summed E-state index contributed by atoms with van der Waals surface area (Å²) in [6.45, 7) is 4.12. The van der Waals surface area contributed by atoms with Crippen molar-refractivity contribution in [2.75, 3.05) is 12.4 Å². The standard InChI is InChI=1S/C19H19N5O/c1-11-4-6-15-14(8-11)19(21-10-20-15)22-12(2)18-23-16-7-5-13(25-3)9-17(16)24-18/h4-10,12H,1-3H3,(H,23,24)(H,20,21,22). The molecule has 0 amide bonds. The lowest BCUT2D eigenvalue weighted by molar-refractivity contribution is 0.415. The van der Waals surface area contributed by atoms with Crippen LogP contribution in [0.25, 0.3) is 21.9 Å². The Hall–Kier alpha value is -3.15. The van der Waals surface area contributed by atoms with Crippen LogP contribution in [0.4, 0.5) is 5.82 Å². The molecular weight excluding hydrogens is 314 g/mol. The minimum Gasteiger partial charge on any atom is -0.497 e. The molecule has 126 valence electrons. The molecule has 1 unspecified atom stereocenters. The highest BCUT2D eigenvalue weighted by atomic mass is 16.5. The number of nitrogens with zero attached hydrogens (tertiary/aromatic N) is 3. The van der Waals surface area contributed by atoms with Gasteiger partial charge in [0.05, 0.1) is 29.7 Å². The van der Waals surface area contributed by atoms with Crippen molar-refractivity contribution in [2.24, 2.45) is 0 Å². The molecule has 2 heterocycles. The number of benzene rings is 2. The van der Waals surface area contributed by atoms with Crippen LogP contribution >= 0.6 is 0 Å². The lowest BCUT2D eigenvalue weighted by atomic mass is 10.1.